The minimum absolute atomic E-state index is 0.0300. The number of hydrogen-bond acceptors (Lipinski definition) is 10. The lowest BCUT2D eigenvalue weighted by Crippen LogP contribution is -2.50. The summed E-state index contributed by atoms with van der Waals surface area (Å²) in [6, 6.07) is 1.75. The summed E-state index contributed by atoms with van der Waals surface area (Å²) in [4.78, 5) is 58.5. The van der Waals surface area contributed by atoms with Gasteiger partial charge >= 0.3 is 18.7 Å². The summed E-state index contributed by atoms with van der Waals surface area (Å²) in [7, 11) is 1.20. The number of benzene rings is 1. The van der Waals surface area contributed by atoms with Crippen molar-refractivity contribution in [2.24, 2.45) is 17.6 Å². The van der Waals surface area contributed by atoms with Crippen LogP contribution in [0.4, 0.5) is 13.6 Å². The number of carbonyl (C=O) groups excluding carboxylic acids is 3. The number of nitrogens with two attached hydrogens (primary N) is 1. The summed E-state index contributed by atoms with van der Waals surface area (Å²) in [5.74, 6) is -2.30. The highest BCUT2D eigenvalue weighted by Crippen LogP contribution is 2.37. The van der Waals surface area contributed by atoms with Crippen LogP contribution in [0.15, 0.2) is 22.6 Å². The van der Waals surface area contributed by atoms with Gasteiger partial charge in [-0.25, -0.2) is 9.78 Å². The number of carboxylic acids is 1. The fourth-order valence-electron chi connectivity index (χ4n) is 5.67. The second kappa shape index (κ2) is 13.9. The van der Waals surface area contributed by atoms with Crippen molar-refractivity contribution in [2.75, 3.05) is 33.4 Å². The second-order valence-electron chi connectivity index (χ2n) is 11.8. The predicted octanol–water partition coefficient (Wildman–Crippen LogP) is 3.01. The van der Waals surface area contributed by atoms with Gasteiger partial charge in [0.25, 0.3) is 5.91 Å². The van der Waals surface area contributed by atoms with E-state index >= 15 is 0 Å². The number of halogens is 2. The summed E-state index contributed by atoms with van der Waals surface area (Å²) in [5.41, 5.74) is 6.33. The molecule has 1 aliphatic carbocycles. The molecule has 0 spiro atoms. The van der Waals surface area contributed by atoms with E-state index in [0.717, 1.165) is 12.8 Å². The number of likely N-dealkylation sites (tertiary alicyclic amines) is 2. The fraction of sp³-hybridized carbons (Fsp3) is 0.567. The molecule has 2 saturated heterocycles. The molecule has 3 atom stereocenters. The number of carboxylic acid groups (broad SMARTS) is 1. The molecule has 1 aromatic carbocycles. The average Bonchev–Trinajstić information content (AvgIpc) is 3.59. The van der Waals surface area contributed by atoms with Gasteiger partial charge in [0.15, 0.2) is 23.0 Å². The van der Waals surface area contributed by atoms with E-state index in [2.05, 4.69) is 15.0 Å². The van der Waals surface area contributed by atoms with Crippen LogP contribution >= 0.6 is 0 Å². The fourth-order valence-corrected chi connectivity index (χ4v) is 5.67. The number of rotatable bonds is 11. The van der Waals surface area contributed by atoms with Crippen molar-refractivity contribution in [1.82, 2.24) is 20.1 Å². The van der Waals surface area contributed by atoms with Crippen LogP contribution in [0.25, 0.3) is 11.5 Å². The Morgan fingerprint density at radius 3 is 2.48 bits per heavy atom. The zero-order valence-electron chi connectivity index (χ0n) is 25.4. The maximum atomic E-state index is 14.1. The first-order valence-electron chi connectivity index (χ1n) is 15.1. The van der Waals surface area contributed by atoms with Gasteiger partial charge in [0, 0.05) is 25.2 Å². The third-order valence-electron chi connectivity index (χ3n) is 8.36. The highest BCUT2D eigenvalue weighted by atomic mass is 19.3. The summed E-state index contributed by atoms with van der Waals surface area (Å²) in [6.07, 6.45) is 1.87. The van der Waals surface area contributed by atoms with E-state index in [1.165, 1.54) is 35.1 Å². The zero-order chi connectivity index (χ0) is 33.1. The van der Waals surface area contributed by atoms with Gasteiger partial charge in [-0.2, -0.15) is 8.78 Å². The molecule has 1 saturated carbocycles. The Morgan fingerprint density at radius 1 is 1.15 bits per heavy atom. The standard InChI is InChI=1S/C30H37F2N5O9/c1-15(33)24-23(35-25(46-24)18-5-6-21(45-29(31)32)22(11-18)44-14-16-3-4-16)27(39)37-13-19(34-30(42)43-2)12-20(37)26(38)36-9-7-17(8-10-36)28(40)41/h5-6,11,15-17,19-20,29H,3-4,7-10,12-14,33H2,1-2H3,(H,34,42)(H,40,41)/t15-,19+,20-/m0/s1. The molecule has 3 fully saturated rings. The van der Waals surface area contributed by atoms with E-state index in [-0.39, 0.29) is 73.6 Å². The van der Waals surface area contributed by atoms with E-state index in [1.54, 1.807) is 6.92 Å². The molecular weight excluding hydrogens is 612 g/mol. The third-order valence-corrected chi connectivity index (χ3v) is 8.36. The van der Waals surface area contributed by atoms with Crippen LogP contribution in [0.3, 0.4) is 0 Å². The molecule has 0 bridgehead atoms. The van der Waals surface area contributed by atoms with Gasteiger partial charge in [-0.3, -0.25) is 14.4 Å². The normalized spacial score (nSPS) is 20.8. The van der Waals surface area contributed by atoms with Crippen molar-refractivity contribution in [3.63, 3.8) is 0 Å². The Labute approximate surface area is 263 Å². The molecule has 1 aromatic heterocycles. The largest absolute Gasteiger partial charge is 0.489 e. The molecule has 4 N–H and O–H groups in total. The molecule has 250 valence electrons. The van der Waals surface area contributed by atoms with Crippen LogP contribution in [-0.2, 0) is 14.3 Å². The monoisotopic (exact) mass is 649 g/mol. The van der Waals surface area contributed by atoms with Gasteiger partial charge in [-0.15, -0.1) is 0 Å². The minimum atomic E-state index is -3.07. The number of oxazole rings is 1. The van der Waals surface area contributed by atoms with Crippen LogP contribution in [0.5, 0.6) is 11.5 Å². The van der Waals surface area contributed by atoms with Gasteiger partial charge < -0.3 is 44.6 Å². The number of ether oxygens (including phenoxy) is 3. The molecule has 14 nitrogen and oxygen atoms in total. The molecule has 2 aliphatic heterocycles. The first-order valence-corrected chi connectivity index (χ1v) is 15.1. The summed E-state index contributed by atoms with van der Waals surface area (Å²) < 4.78 is 47.1. The lowest BCUT2D eigenvalue weighted by Gasteiger charge is -2.34. The van der Waals surface area contributed by atoms with Crippen LogP contribution in [0.1, 0.15) is 61.3 Å². The van der Waals surface area contributed by atoms with E-state index < -0.39 is 48.6 Å². The first-order chi connectivity index (χ1) is 21.9. The smallest absolute Gasteiger partial charge is 0.407 e. The Hall–Kier alpha value is -4.47. The highest BCUT2D eigenvalue weighted by molar-refractivity contribution is 5.98. The molecule has 2 aromatic rings. The molecule has 3 heterocycles. The molecule has 16 heteroatoms. The van der Waals surface area contributed by atoms with E-state index in [4.69, 9.17) is 19.6 Å². The van der Waals surface area contributed by atoms with Crippen LogP contribution < -0.4 is 20.5 Å². The van der Waals surface area contributed by atoms with Crippen molar-refractivity contribution in [2.45, 2.75) is 63.8 Å². The number of hydrogen-bond donors (Lipinski definition) is 3. The summed E-state index contributed by atoms with van der Waals surface area (Å²) in [5, 5.41) is 12.0. The van der Waals surface area contributed by atoms with E-state index in [0.29, 0.717) is 18.1 Å². The number of nitrogens with zero attached hydrogens (tertiary/aromatic N) is 3. The van der Waals surface area contributed by atoms with Crippen molar-refractivity contribution < 1.29 is 51.7 Å². The Kier molecular flexibility index (Phi) is 9.94. The Balaban J connectivity index is 1.43. The summed E-state index contributed by atoms with van der Waals surface area (Å²) in [6.45, 7) is -0.788. The number of alkyl carbamates (subject to hydrolysis) is 1. The predicted molar refractivity (Wildman–Crippen MR) is 155 cm³/mol. The quantitative estimate of drug-likeness (QED) is 0.325. The van der Waals surface area contributed by atoms with Crippen LogP contribution in [0.2, 0.25) is 0 Å². The maximum Gasteiger partial charge on any atom is 0.407 e. The van der Waals surface area contributed by atoms with Crippen molar-refractivity contribution in [3.05, 3.63) is 29.7 Å². The van der Waals surface area contributed by atoms with Gasteiger partial charge in [0.05, 0.1) is 31.7 Å². The topological polar surface area (TPSA) is 187 Å². The number of alkyl halides is 2. The van der Waals surface area contributed by atoms with E-state index in [9.17, 15) is 33.1 Å². The van der Waals surface area contributed by atoms with Gasteiger partial charge in [0.1, 0.15) is 6.04 Å². The van der Waals surface area contributed by atoms with E-state index in [1.807, 2.05) is 0 Å². The number of nitrogens with one attached hydrogen (secondary N) is 1. The number of carbonyl (C=O) groups is 4. The number of amides is 3. The molecule has 0 unspecified atom stereocenters. The average molecular weight is 650 g/mol. The number of aliphatic carboxylic acids is 1. The Bertz CT molecular complexity index is 1460. The van der Waals surface area contributed by atoms with Crippen molar-refractivity contribution in [1.29, 1.82) is 0 Å². The van der Waals surface area contributed by atoms with Gasteiger partial charge in [0.2, 0.25) is 11.8 Å². The lowest BCUT2D eigenvalue weighted by molar-refractivity contribution is -0.146. The number of aromatic nitrogens is 1. The molecule has 3 aliphatic rings. The molecule has 46 heavy (non-hydrogen) atoms. The lowest BCUT2D eigenvalue weighted by atomic mass is 9.96. The second-order valence-corrected chi connectivity index (χ2v) is 11.8. The molecule has 5 rings (SSSR count). The maximum absolute atomic E-state index is 14.1. The van der Waals surface area contributed by atoms with Gasteiger partial charge in [-0.05, 0) is 63.1 Å². The minimum Gasteiger partial charge on any atom is -0.489 e. The summed E-state index contributed by atoms with van der Waals surface area (Å²) >= 11 is 0. The third kappa shape index (κ3) is 7.49. The highest BCUT2D eigenvalue weighted by Gasteiger charge is 2.44. The van der Waals surface area contributed by atoms with Crippen molar-refractivity contribution in [3.8, 4) is 23.0 Å². The number of piperidine rings is 1. The molecule has 3 amide bonds. The zero-order valence-corrected chi connectivity index (χ0v) is 25.4. The molecular formula is C30H37F2N5O9. The van der Waals surface area contributed by atoms with Gasteiger partial charge in [-0.1, -0.05) is 0 Å². The van der Waals surface area contributed by atoms with Crippen LogP contribution in [0, 0.1) is 11.8 Å². The first kappa shape index (κ1) is 32.9. The Morgan fingerprint density at radius 2 is 1.87 bits per heavy atom. The van der Waals surface area contributed by atoms with Crippen molar-refractivity contribution >= 4 is 23.9 Å². The SMILES string of the molecule is COC(=O)N[C@@H]1C[C@@H](C(=O)N2CCC(C(=O)O)CC2)N(C(=O)c2nc(-c3ccc(OC(F)F)c(OCC4CC4)c3)oc2[C@H](C)N)C1. The van der Waals surface area contributed by atoms with Crippen LogP contribution in [-0.4, -0.2) is 95.8 Å². The molecule has 0 radical (unpaired) electrons. The number of methoxy groups -OCH3 is 1.